The quantitative estimate of drug-likeness (QED) is 0.506. The summed E-state index contributed by atoms with van der Waals surface area (Å²) >= 11 is 0. The number of nitrogens with zero attached hydrogens (tertiary/aromatic N) is 1. The molecule has 140 valence electrons. The summed E-state index contributed by atoms with van der Waals surface area (Å²) in [6.07, 6.45) is 4.09. The highest BCUT2D eigenvalue weighted by Crippen LogP contribution is 2.36. The number of non-ortho nitro benzene ring substituents is 1. The molecule has 1 amide bonds. The van der Waals surface area contributed by atoms with Gasteiger partial charge in [0.2, 0.25) is 0 Å². The van der Waals surface area contributed by atoms with Crippen molar-refractivity contribution >= 4 is 24.2 Å². The maximum absolute atomic E-state index is 12.6. The molecule has 1 N–H and O–H groups in total. The third-order valence-corrected chi connectivity index (χ3v) is 5.63. The van der Waals surface area contributed by atoms with Gasteiger partial charge in [-0.3, -0.25) is 14.9 Å². The number of benzene rings is 1. The van der Waals surface area contributed by atoms with Crippen LogP contribution in [0.5, 0.6) is 0 Å². The monoisotopic (exact) mass is 360 g/mol. The van der Waals surface area contributed by atoms with Gasteiger partial charge >= 0.3 is 7.12 Å². The summed E-state index contributed by atoms with van der Waals surface area (Å²) in [7, 11) is -0.752. The lowest BCUT2D eigenvalue weighted by molar-refractivity contribution is -0.384. The van der Waals surface area contributed by atoms with Gasteiger partial charge in [0.1, 0.15) is 0 Å². The zero-order chi connectivity index (χ0) is 19.1. The van der Waals surface area contributed by atoms with Crippen LogP contribution in [-0.2, 0) is 9.31 Å². The SMILES string of the molecule is CC1(C)OB(c2cc(C(=O)NC3CCCC3)cc([N+](=O)[O-])c2)OC1(C)C. The lowest BCUT2D eigenvalue weighted by atomic mass is 9.78. The van der Waals surface area contributed by atoms with E-state index in [0.717, 1.165) is 25.7 Å². The molecule has 0 bridgehead atoms. The minimum atomic E-state index is -0.752. The van der Waals surface area contributed by atoms with Crippen LogP contribution in [0.3, 0.4) is 0 Å². The van der Waals surface area contributed by atoms with Crippen LogP contribution < -0.4 is 10.8 Å². The molecule has 0 aromatic heterocycles. The van der Waals surface area contributed by atoms with E-state index in [0.29, 0.717) is 5.46 Å². The first-order chi connectivity index (χ1) is 12.1. The molecule has 1 aliphatic heterocycles. The number of hydrogen-bond donors (Lipinski definition) is 1. The van der Waals surface area contributed by atoms with E-state index in [1.54, 1.807) is 6.07 Å². The Morgan fingerprint density at radius 3 is 2.27 bits per heavy atom. The summed E-state index contributed by atoms with van der Waals surface area (Å²) in [5.74, 6) is -0.293. The van der Waals surface area contributed by atoms with Gasteiger partial charge in [-0.25, -0.2) is 0 Å². The molecule has 1 saturated carbocycles. The molecule has 1 heterocycles. The molecule has 0 spiro atoms. The Labute approximate surface area is 153 Å². The Morgan fingerprint density at radius 2 is 1.73 bits per heavy atom. The first-order valence-corrected chi connectivity index (χ1v) is 9.05. The number of nitro benzene ring substituents is 1. The normalized spacial score (nSPS) is 21.8. The van der Waals surface area contributed by atoms with Gasteiger partial charge in [0.05, 0.1) is 16.1 Å². The molecule has 1 saturated heterocycles. The van der Waals surface area contributed by atoms with Gasteiger partial charge in [-0.1, -0.05) is 12.8 Å². The second-order valence-electron chi connectivity index (χ2n) is 8.11. The van der Waals surface area contributed by atoms with Crippen molar-refractivity contribution in [2.24, 2.45) is 0 Å². The van der Waals surface area contributed by atoms with Crippen molar-refractivity contribution in [3.63, 3.8) is 0 Å². The number of carbonyl (C=O) groups excluding carboxylic acids is 1. The Kier molecular flexibility index (Phi) is 4.83. The summed E-state index contributed by atoms with van der Waals surface area (Å²) in [6, 6.07) is 4.48. The van der Waals surface area contributed by atoms with E-state index in [9.17, 15) is 14.9 Å². The Bertz CT molecular complexity index is 712. The molecule has 0 unspecified atom stereocenters. The molecule has 2 fully saturated rings. The first-order valence-electron chi connectivity index (χ1n) is 9.05. The van der Waals surface area contributed by atoms with Crippen LogP contribution in [0.25, 0.3) is 0 Å². The van der Waals surface area contributed by atoms with Gasteiger partial charge in [-0.2, -0.15) is 0 Å². The highest BCUT2D eigenvalue weighted by molar-refractivity contribution is 6.62. The second kappa shape index (κ2) is 6.66. The number of carbonyl (C=O) groups is 1. The molecule has 8 heteroatoms. The van der Waals surface area contributed by atoms with Gasteiger partial charge in [-0.05, 0) is 52.1 Å². The van der Waals surface area contributed by atoms with Crippen LogP contribution in [-0.4, -0.2) is 35.2 Å². The largest absolute Gasteiger partial charge is 0.495 e. The number of amides is 1. The predicted molar refractivity (Wildman–Crippen MR) is 98.5 cm³/mol. The van der Waals surface area contributed by atoms with Gasteiger partial charge in [0, 0.05) is 23.7 Å². The molecule has 2 aliphatic rings. The van der Waals surface area contributed by atoms with E-state index in [1.165, 1.54) is 12.1 Å². The second-order valence-corrected chi connectivity index (χ2v) is 8.11. The molecular formula is C18H25BN2O5. The first kappa shape index (κ1) is 18.9. The summed E-state index contributed by atoms with van der Waals surface area (Å²) in [6.45, 7) is 7.66. The molecule has 0 atom stereocenters. The molecule has 1 aliphatic carbocycles. The fraction of sp³-hybridized carbons (Fsp3) is 0.611. The van der Waals surface area contributed by atoms with Crippen LogP contribution in [0.2, 0.25) is 0 Å². The predicted octanol–water partition coefficient (Wildman–Crippen LogP) is 2.57. The van der Waals surface area contributed by atoms with E-state index in [-0.39, 0.29) is 23.2 Å². The number of rotatable bonds is 4. The van der Waals surface area contributed by atoms with Crippen molar-refractivity contribution in [3.05, 3.63) is 33.9 Å². The maximum atomic E-state index is 12.6. The van der Waals surface area contributed by atoms with Gasteiger partial charge < -0.3 is 14.6 Å². The number of hydrogen-bond acceptors (Lipinski definition) is 5. The van der Waals surface area contributed by atoms with Crippen molar-refractivity contribution in [2.45, 2.75) is 70.6 Å². The van der Waals surface area contributed by atoms with Gasteiger partial charge in [-0.15, -0.1) is 0 Å². The van der Waals surface area contributed by atoms with E-state index < -0.39 is 23.2 Å². The van der Waals surface area contributed by atoms with Gasteiger partial charge in [0.15, 0.2) is 0 Å². The van der Waals surface area contributed by atoms with Crippen LogP contribution in [0.1, 0.15) is 63.7 Å². The van der Waals surface area contributed by atoms with Crippen molar-refractivity contribution in [1.29, 1.82) is 0 Å². The zero-order valence-electron chi connectivity index (χ0n) is 15.7. The van der Waals surface area contributed by atoms with Crippen LogP contribution >= 0.6 is 0 Å². The molecule has 1 aromatic carbocycles. The highest BCUT2D eigenvalue weighted by atomic mass is 16.7. The molecule has 7 nitrogen and oxygen atoms in total. The molecular weight excluding hydrogens is 335 g/mol. The standard InChI is InChI=1S/C18H25BN2O5/c1-17(2)18(3,4)26-19(25-17)13-9-12(10-15(11-13)21(23)24)16(22)20-14-7-5-6-8-14/h9-11,14H,5-8H2,1-4H3,(H,20,22). The van der Waals surface area contributed by atoms with Crippen molar-refractivity contribution in [2.75, 3.05) is 0 Å². The lowest BCUT2D eigenvalue weighted by Crippen LogP contribution is -2.41. The van der Waals surface area contributed by atoms with Crippen molar-refractivity contribution in [1.82, 2.24) is 5.32 Å². The van der Waals surface area contributed by atoms with Crippen LogP contribution in [0, 0.1) is 10.1 Å². The molecule has 0 radical (unpaired) electrons. The summed E-state index contributed by atoms with van der Waals surface area (Å²) in [5, 5.41) is 14.3. The fourth-order valence-electron chi connectivity index (χ4n) is 3.33. The zero-order valence-corrected chi connectivity index (χ0v) is 15.7. The maximum Gasteiger partial charge on any atom is 0.495 e. The van der Waals surface area contributed by atoms with E-state index in [2.05, 4.69) is 5.32 Å². The Morgan fingerprint density at radius 1 is 1.15 bits per heavy atom. The lowest BCUT2D eigenvalue weighted by Gasteiger charge is -2.32. The van der Waals surface area contributed by atoms with E-state index in [4.69, 9.17) is 9.31 Å². The number of nitrogens with one attached hydrogen (secondary N) is 1. The highest BCUT2D eigenvalue weighted by Gasteiger charge is 2.52. The number of nitro groups is 1. The van der Waals surface area contributed by atoms with Crippen molar-refractivity contribution in [3.8, 4) is 0 Å². The molecule has 1 aromatic rings. The minimum Gasteiger partial charge on any atom is -0.399 e. The molecule has 26 heavy (non-hydrogen) atoms. The average molecular weight is 360 g/mol. The fourth-order valence-corrected chi connectivity index (χ4v) is 3.33. The molecule has 3 rings (SSSR count). The minimum absolute atomic E-state index is 0.141. The van der Waals surface area contributed by atoms with E-state index >= 15 is 0 Å². The topological polar surface area (TPSA) is 90.7 Å². The van der Waals surface area contributed by atoms with Gasteiger partial charge in [0.25, 0.3) is 11.6 Å². The smallest absolute Gasteiger partial charge is 0.399 e. The van der Waals surface area contributed by atoms with Crippen LogP contribution in [0.15, 0.2) is 18.2 Å². The Balaban J connectivity index is 1.89. The van der Waals surface area contributed by atoms with Crippen LogP contribution in [0.4, 0.5) is 5.69 Å². The summed E-state index contributed by atoms with van der Waals surface area (Å²) in [4.78, 5) is 23.4. The third kappa shape index (κ3) is 3.62. The summed E-state index contributed by atoms with van der Waals surface area (Å²) in [5.41, 5.74) is -0.526. The van der Waals surface area contributed by atoms with E-state index in [1.807, 2.05) is 27.7 Å². The third-order valence-electron chi connectivity index (χ3n) is 5.63. The average Bonchev–Trinajstić information content (AvgIpc) is 3.13. The van der Waals surface area contributed by atoms with Crippen molar-refractivity contribution < 1.29 is 19.0 Å². The summed E-state index contributed by atoms with van der Waals surface area (Å²) < 4.78 is 12.0. The Hall–Kier alpha value is -1.93.